The Bertz CT molecular complexity index is 487. The topological polar surface area (TPSA) is 66.6 Å². The molecule has 20 heavy (non-hydrogen) atoms. The molecule has 0 amide bonds. The molecule has 0 radical (unpaired) electrons. The van der Waals surface area contributed by atoms with Crippen molar-refractivity contribution in [3.63, 3.8) is 0 Å². The van der Waals surface area contributed by atoms with Crippen LogP contribution in [-0.2, 0) is 4.79 Å². The summed E-state index contributed by atoms with van der Waals surface area (Å²) in [6, 6.07) is 6.59. The Hall–Kier alpha value is -1.55. The highest BCUT2D eigenvalue weighted by atomic mass is 16.4. The van der Waals surface area contributed by atoms with Crippen LogP contribution in [0.5, 0.6) is 0 Å². The first kappa shape index (κ1) is 14.9. The molecule has 4 nitrogen and oxygen atoms in total. The van der Waals surface area contributed by atoms with E-state index in [-0.39, 0.29) is 12.5 Å². The summed E-state index contributed by atoms with van der Waals surface area (Å²) in [6.07, 6.45) is 1.87. The van der Waals surface area contributed by atoms with Crippen molar-refractivity contribution in [2.45, 2.75) is 39.2 Å². The summed E-state index contributed by atoms with van der Waals surface area (Å²) in [5.74, 6) is -0.349. The van der Waals surface area contributed by atoms with E-state index in [0.29, 0.717) is 12.3 Å². The number of piperidine rings is 1. The quantitative estimate of drug-likeness (QED) is 0.885. The van der Waals surface area contributed by atoms with Crippen molar-refractivity contribution in [2.24, 2.45) is 11.7 Å². The zero-order valence-electron chi connectivity index (χ0n) is 12.3. The molecule has 1 saturated heterocycles. The second-order valence-electron chi connectivity index (χ2n) is 5.97. The number of anilines is 1. The van der Waals surface area contributed by atoms with E-state index in [2.05, 4.69) is 36.9 Å². The van der Waals surface area contributed by atoms with Crippen molar-refractivity contribution >= 4 is 11.7 Å². The molecule has 0 bridgehead atoms. The third kappa shape index (κ3) is 3.73. The number of benzene rings is 1. The van der Waals surface area contributed by atoms with Crippen LogP contribution in [0.25, 0.3) is 0 Å². The molecule has 110 valence electrons. The van der Waals surface area contributed by atoms with Crippen LogP contribution >= 0.6 is 0 Å². The number of carbonyl (C=O) groups is 1. The van der Waals surface area contributed by atoms with E-state index >= 15 is 0 Å². The number of rotatable bonds is 4. The predicted octanol–water partition coefficient (Wildman–Crippen LogP) is 2.32. The molecule has 2 unspecified atom stereocenters. The third-order valence-electron chi connectivity index (χ3n) is 4.19. The maximum absolute atomic E-state index is 10.7. The maximum Gasteiger partial charge on any atom is 0.303 e. The number of nitrogens with zero attached hydrogens (tertiary/aromatic N) is 1. The zero-order valence-corrected chi connectivity index (χ0v) is 12.3. The predicted molar refractivity (Wildman–Crippen MR) is 81.1 cm³/mol. The summed E-state index contributed by atoms with van der Waals surface area (Å²) < 4.78 is 0. The van der Waals surface area contributed by atoms with Crippen LogP contribution in [0.3, 0.4) is 0 Å². The minimum Gasteiger partial charge on any atom is -0.481 e. The molecule has 0 saturated carbocycles. The zero-order chi connectivity index (χ0) is 14.7. The molecule has 1 fully saturated rings. The molecule has 3 N–H and O–H groups in total. The standard InChI is InChI=1S/C16H24N2O2/c1-11-3-5-15(7-12(11)2)18-9-13(4-6-16(19)20)8-14(17)10-18/h3,5,7,13-14H,4,6,8-10,17H2,1-2H3,(H,19,20). The lowest BCUT2D eigenvalue weighted by Gasteiger charge is -2.38. The largest absolute Gasteiger partial charge is 0.481 e. The van der Waals surface area contributed by atoms with Crippen LogP contribution in [0.2, 0.25) is 0 Å². The normalized spacial score (nSPS) is 22.9. The molecule has 0 spiro atoms. The van der Waals surface area contributed by atoms with E-state index in [4.69, 9.17) is 10.8 Å². The summed E-state index contributed by atoms with van der Waals surface area (Å²) in [4.78, 5) is 13.0. The van der Waals surface area contributed by atoms with E-state index in [0.717, 1.165) is 19.5 Å². The van der Waals surface area contributed by atoms with Gasteiger partial charge in [-0.25, -0.2) is 0 Å². The Kier molecular flexibility index (Phi) is 4.65. The molecule has 1 heterocycles. The lowest BCUT2D eigenvalue weighted by Crippen LogP contribution is -2.47. The Morgan fingerprint density at radius 3 is 2.75 bits per heavy atom. The first-order valence-electron chi connectivity index (χ1n) is 7.25. The van der Waals surface area contributed by atoms with Crippen LogP contribution in [-0.4, -0.2) is 30.2 Å². The molecule has 2 atom stereocenters. The lowest BCUT2D eigenvalue weighted by atomic mass is 9.90. The molecule has 1 aromatic carbocycles. The van der Waals surface area contributed by atoms with Crippen LogP contribution in [0.4, 0.5) is 5.69 Å². The van der Waals surface area contributed by atoms with Gasteiger partial charge in [0.2, 0.25) is 0 Å². The van der Waals surface area contributed by atoms with Crippen molar-refractivity contribution in [1.82, 2.24) is 0 Å². The van der Waals surface area contributed by atoms with Crippen molar-refractivity contribution in [2.75, 3.05) is 18.0 Å². The summed E-state index contributed by atoms with van der Waals surface area (Å²) in [6.45, 7) is 5.98. The molecule has 1 aromatic rings. The van der Waals surface area contributed by atoms with Gasteiger partial charge < -0.3 is 15.7 Å². The number of carboxylic acids is 1. The van der Waals surface area contributed by atoms with Gasteiger partial charge in [0.1, 0.15) is 0 Å². The Balaban J connectivity index is 2.06. The van der Waals surface area contributed by atoms with Gasteiger partial charge in [-0.15, -0.1) is 0 Å². The lowest BCUT2D eigenvalue weighted by molar-refractivity contribution is -0.137. The molecule has 1 aliphatic heterocycles. The number of nitrogens with two attached hydrogens (primary N) is 1. The summed E-state index contributed by atoms with van der Waals surface area (Å²) in [5, 5.41) is 8.82. The Morgan fingerprint density at radius 1 is 1.35 bits per heavy atom. The molecular formula is C16H24N2O2. The van der Waals surface area contributed by atoms with Gasteiger partial charge in [0.25, 0.3) is 0 Å². The fourth-order valence-electron chi connectivity index (χ4n) is 2.92. The SMILES string of the molecule is Cc1ccc(N2CC(N)CC(CCC(=O)O)C2)cc1C. The molecule has 0 aliphatic carbocycles. The molecular weight excluding hydrogens is 252 g/mol. The second-order valence-corrected chi connectivity index (χ2v) is 5.97. The molecule has 0 aromatic heterocycles. The van der Waals surface area contributed by atoms with Gasteiger partial charge in [-0.3, -0.25) is 4.79 Å². The molecule has 1 aliphatic rings. The van der Waals surface area contributed by atoms with Crippen LogP contribution in [0.15, 0.2) is 18.2 Å². The van der Waals surface area contributed by atoms with Crippen LogP contribution in [0.1, 0.15) is 30.4 Å². The molecule has 2 rings (SSSR count). The minimum atomic E-state index is -0.720. The van der Waals surface area contributed by atoms with Crippen LogP contribution in [0, 0.1) is 19.8 Å². The summed E-state index contributed by atoms with van der Waals surface area (Å²) in [7, 11) is 0. The number of carboxylic acid groups (broad SMARTS) is 1. The average molecular weight is 276 g/mol. The highest BCUT2D eigenvalue weighted by Crippen LogP contribution is 2.26. The van der Waals surface area contributed by atoms with Crippen molar-refractivity contribution < 1.29 is 9.90 Å². The smallest absolute Gasteiger partial charge is 0.303 e. The Morgan fingerprint density at radius 2 is 2.10 bits per heavy atom. The summed E-state index contributed by atoms with van der Waals surface area (Å²) >= 11 is 0. The van der Waals surface area contributed by atoms with Gasteiger partial charge in [0.05, 0.1) is 0 Å². The van der Waals surface area contributed by atoms with Crippen molar-refractivity contribution in [1.29, 1.82) is 0 Å². The second kappa shape index (κ2) is 6.27. The average Bonchev–Trinajstić information content (AvgIpc) is 2.39. The van der Waals surface area contributed by atoms with Gasteiger partial charge in [-0.2, -0.15) is 0 Å². The number of aliphatic carboxylic acids is 1. The van der Waals surface area contributed by atoms with Gasteiger partial charge in [0.15, 0.2) is 0 Å². The number of hydrogen-bond donors (Lipinski definition) is 2. The highest BCUT2D eigenvalue weighted by Gasteiger charge is 2.25. The van der Waals surface area contributed by atoms with E-state index in [1.807, 2.05) is 0 Å². The first-order chi connectivity index (χ1) is 9.45. The van der Waals surface area contributed by atoms with Crippen molar-refractivity contribution in [3.8, 4) is 0 Å². The fourth-order valence-corrected chi connectivity index (χ4v) is 2.92. The minimum absolute atomic E-state index is 0.129. The monoisotopic (exact) mass is 276 g/mol. The van der Waals surface area contributed by atoms with E-state index in [1.165, 1.54) is 16.8 Å². The Labute approximate surface area is 120 Å². The van der Waals surface area contributed by atoms with Gasteiger partial charge in [-0.05, 0) is 55.9 Å². The van der Waals surface area contributed by atoms with E-state index in [9.17, 15) is 4.79 Å². The van der Waals surface area contributed by atoms with Gasteiger partial charge in [-0.1, -0.05) is 6.07 Å². The van der Waals surface area contributed by atoms with Gasteiger partial charge in [0, 0.05) is 31.2 Å². The number of hydrogen-bond acceptors (Lipinski definition) is 3. The van der Waals surface area contributed by atoms with E-state index in [1.54, 1.807) is 0 Å². The first-order valence-corrected chi connectivity index (χ1v) is 7.25. The van der Waals surface area contributed by atoms with Crippen molar-refractivity contribution in [3.05, 3.63) is 29.3 Å². The molecule has 4 heteroatoms. The maximum atomic E-state index is 10.7. The number of aryl methyl sites for hydroxylation is 2. The van der Waals surface area contributed by atoms with E-state index < -0.39 is 5.97 Å². The third-order valence-corrected chi connectivity index (χ3v) is 4.19. The highest BCUT2D eigenvalue weighted by molar-refractivity contribution is 5.66. The van der Waals surface area contributed by atoms with Crippen LogP contribution < -0.4 is 10.6 Å². The fraction of sp³-hybridized carbons (Fsp3) is 0.562. The summed E-state index contributed by atoms with van der Waals surface area (Å²) in [5.41, 5.74) is 9.91. The van der Waals surface area contributed by atoms with Gasteiger partial charge >= 0.3 is 5.97 Å².